The van der Waals surface area contributed by atoms with Crippen molar-refractivity contribution in [3.05, 3.63) is 24.3 Å². The van der Waals surface area contributed by atoms with Crippen LogP contribution >= 0.6 is 0 Å². The van der Waals surface area contributed by atoms with Gasteiger partial charge in [0, 0.05) is 30.6 Å². The number of ether oxygens (including phenoxy) is 1. The Labute approximate surface area is 127 Å². The third-order valence-corrected chi connectivity index (χ3v) is 3.44. The van der Waals surface area contributed by atoms with Crippen LogP contribution in [0.3, 0.4) is 0 Å². The molecular formula is C15H18F2N2O3. The quantitative estimate of drug-likeness (QED) is 0.812. The lowest BCUT2D eigenvalue weighted by Gasteiger charge is -2.09. The van der Waals surface area contributed by atoms with Gasteiger partial charge in [-0.3, -0.25) is 9.59 Å². The molecule has 0 saturated heterocycles. The molecule has 2 atom stereocenters. The molecule has 0 spiro atoms. The zero-order chi connectivity index (χ0) is 16.1. The minimum absolute atomic E-state index is 0.0207. The number of hydrogen-bond acceptors (Lipinski definition) is 3. The number of amides is 2. The molecule has 1 fully saturated rings. The summed E-state index contributed by atoms with van der Waals surface area (Å²) in [4.78, 5) is 23.3. The Kier molecular flexibility index (Phi) is 5.30. The van der Waals surface area contributed by atoms with Crippen molar-refractivity contribution in [3.8, 4) is 5.75 Å². The van der Waals surface area contributed by atoms with Crippen molar-refractivity contribution in [2.45, 2.75) is 26.4 Å². The lowest BCUT2D eigenvalue weighted by molar-refractivity contribution is -0.122. The molecule has 0 bridgehead atoms. The molecule has 5 nitrogen and oxygen atoms in total. The normalized spacial score (nSPS) is 19.6. The fourth-order valence-electron chi connectivity index (χ4n) is 2.09. The fourth-order valence-corrected chi connectivity index (χ4v) is 2.09. The van der Waals surface area contributed by atoms with Gasteiger partial charge < -0.3 is 15.4 Å². The Bertz CT molecular complexity index is 551. The SMILES string of the molecule is C[C@H]1C[C@@H]1C(=O)NCCC(=O)Nc1cccc(OC(F)F)c1. The van der Waals surface area contributed by atoms with Crippen molar-refractivity contribution in [1.29, 1.82) is 0 Å². The van der Waals surface area contributed by atoms with E-state index >= 15 is 0 Å². The standard InChI is InChI=1S/C15H18F2N2O3/c1-9-7-12(9)14(21)18-6-5-13(20)19-10-3-2-4-11(8-10)22-15(16)17/h2-4,8-9,12,15H,5-7H2,1H3,(H,18,21)(H,19,20)/t9-,12-/m0/s1. The third kappa shape index (κ3) is 4.98. The van der Waals surface area contributed by atoms with E-state index in [0.29, 0.717) is 11.6 Å². The Morgan fingerprint density at radius 2 is 2.14 bits per heavy atom. The number of halogens is 2. The predicted octanol–water partition coefficient (Wildman–Crippen LogP) is 2.39. The fraction of sp³-hybridized carbons (Fsp3) is 0.467. The largest absolute Gasteiger partial charge is 0.435 e. The van der Waals surface area contributed by atoms with E-state index in [2.05, 4.69) is 15.4 Å². The van der Waals surface area contributed by atoms with E-state index in [1.807, 2.05) is 6.92 Å². The second kappa shape index (κ2) is 7.20. The summed E-state index contributed by atoms with van der Waals surface area (Å²) < 4.78 is 28.5. The number of carbonyl (C=O) groups is 2. The summed E-state index contributed by atoms with van der Waals surface area (Å²) in [6, 6.07) is 5.76. The maximum Gasteiger partial charge on any atom is 0.387 e. The van der Waals surface area contributed by atoms with Crippen LogP contribution in [0.4, 0.5) is 14.5 Å². The van der Waals surface area contributed by atoms with Crippen LogP contribution in [-0.2, 0) is 9.59 Å². The van der Waals surface area contributed by atoms with Gasteiger partial charge in [-0.25, -0.2) is 0 Å². The molecule has 2 N–H and O–H groups in total. The molecule has 1 aromatic rings. The third-order valence-electron chi connectivity index (χ3n) is 3.44. The first-order valence-corrected chi connectivity index (χ1v) is 7.08. The molecule has 2 rings (SSSR count). The highest BCUT2D eigenvalue weighted by Crippen LogP contribution is 2.37. The van der Waals surface area contributed by atoms with Gasteiger partial charge in [-0.2, -0.15) is 8.78 Å². The van der Waals surface area contributed by atoms with E-state index < -0.39 is 6.61 Å². The number of nitrogens with one attached hydrogen (secondary N) is 2. The summed E-state index contributed by atoms with van der Waals surface area (Å²) >= 11 is 0. The maximum atomic E-state index is 12.1. The van der Waals surface area contributed by atoms with Crippen LogP contribution in [0.5, 0.6) is 5.75 Å². The predicted molar refractivity (Wildman–Crippen MR) is 76.6 cm³/mol. The summed E-state index contributed by atoms with van der Waals surface area (Å²) in [6.45, 7) is -0.655. The zero-order valence-corrected chi connectivity index (χ0v) is 12.1. The van der Waals surface area contributed by atoms with Gasteiger partial charge in [0.15, 0.2) is 0 Å². The average molecular weight is 312 g/mol. The van der Waals surface area contributed by atoms with Gasteiger partial charge >= 0.3 is 6.61 Å². The number of carbonyl (C=O) groups excluding carboxylic acids is 2. The van der Waals surface area contributed by atoms with Crippen molar-refractivity contribution < 1.29 is 23.1 Å². The zero-order valence-electron chi connectivity index (χ0n) is 12.1. The van der Waals surface area contributed by atoms with Crippen LogP contribution in [0.25, 0.3) is 0 Å². The maximum absolute atomic E-state index is 12.1. The number of benzene rings is 1. The molecule has 7 heteroatoms. The lowest BCUT2D eigenvalue weighted by Crippen LogP contribution is -2.29. The molecule has 2 amide bonds. The molecule has 22 heavy (non-hydrogen) atoms. The van der Waals surface area contributed by atoms with Gasteiger partial charge in [-0.15, -0.1) is 0 Å². The summed E-state index contributed by atoms with van der Waals surface area (Å²) in [7, 11) is 0. The van der Waals surface area contributed by atoms with Crippen LogP contribution in [0.15, 0.2) is 24.3 Å². The van der Waals surface area contributed by atoms with Crippen molar-refractivity contribution in [2.24, 2.45) is 11.8 Å². The van der Waals surface area contributed by atoms with Crippen molar-refractivity contribution in [3.63, 3.8) is 0 Å². The first kappa shape index (κ1) is 16.2. The van der Waals surface area contributed by atoms with Gasteiger partial charge in [0.2, 0.25) is 11.8 Å². The highest BCUT2D eigenvalue weighted by atomic mass is 19.3. The summed E-state index contributed by atoms with van der Waals surface area (Å²) in [5.74, 6) is 0.146. The molecular weight excluding hydrogens is 294 g/mol. The van der Waals surface area contributed by atoms with Crippen molar-refractivity contribution in [2.75, 3.05) is 11.9 Å². The van der Waals surface area contributed by atoms with E-state index in [9.17, 15) is 18.4 Å². The van der Waals surface area contributed by atoms with Crippen LogP contribution in [0.2, 0.25) is 0 Å². The Hall–Kier alpha value is -2.18. The Morgan fingerprint density at radius 3 is 2.77 bits per heavy atom. The van der Waals surface area contributed by atoms with Gasteiger partial charge in [0.05, 0.1) is 0 Å². The van der Waals surface area contributed by atoms with E-state index in [4.69, 9.17) is 0 Å². The first-order chi connectivity index (χ1) is 10.5. The molecule has 0 aliphatic heterocycles. The minimum Gasteiger partial charge on any atom is -0.435 e. The first-order valence-electron chi connectivity index (χ1n) is 7.08. The van der Waals surface area contributed by atoms with Gasteiger partial charge in [-0.1, -0.05) is 13.0 Å². The summed E-state index contributed by atoms with van der Waals surface area (Å²) in [5, 5.41) is 5.27. The van der Waals surface area contributed by atoms with Gasteiger partial charge in [0.1, 0.15) is 5.75 Å². The van der Waals surface area contributed by atoms with Crippen LogP contribution in [-0.4, -0.2) is 25.0 Å². The van der Waals surface area contributed by atoms with Crippen LogP contribution in [0, 0.1) is 11.8 Å². The summed E-state index contributed by atoms with van der Waals surface area (Å²) in [5.41, 5.74) is 0.366. The van der Waals surface area contributed by atoms with Crippen LogP contribution < -0.4 is 15.4 Å². The van der Waals surface area contributed by atoms with E-state index in [1.54, 1.807) is 6.07 Å². The number of rotatable bonds is 7. The molecule has 0 aromatic heterocycles. The van der Waals surface area contributed by atoms with Gasteiger partial charge in [-0.05, 0) is 24.5 Å². The second-order valence-corrected chi connectivity index (χ2v) is 5.32. The molecule has 1 saturated carbocycles. The lowest BCUT2D eigenvalue weighted by atomic mass is 10.3. The average Bonchev–Trinajstić information content (AvgIpc) is 3.15. The molecule has 1 aliphatic rings. The van der Waals surface area contributed by atoms with E-state index in [0.717, 1.165) is 6.42 Å². The Balaban J connectivity index is 1.73. The summed E-state index contributed by atoms with van der Waals surface area (Å²) in [6.07, 6.45) is 1.02. The van der Waals surface area contributed by atoms with Gasteiger partial charge in [0.25, 0.3) is 0 Å². The highest BCUT2D eigenvalue weighted by Gasteiger charge is 2.38. The van der Waals surface area contributed by atoms with Crippen molar-refractivity contribution in [1.82, 2.24) is 5.32 Å². The molecule has 0 heterocycles. The Morgan fingerprint density at radius 1 is 1.41 bits per heavy atom. The molecule has 1 aliphatic carbocycles. The minimum atomic E-state index is -2.91. The number of hydrogen-bond donors (Lipinski definition) is 2. The molecule has 1 aromatic carbocycles. The van der Waals surface area contributed by atoms with E-state index in [-0.39, 0.29) is 36.4 Å². The van der Waals surface area contributed by atoms with Crippen molar-refractivity contribution >= 4 is 17.5 Å². The van der Waals surface area contributed by atoms with E-state index in [1.165, 1.54) is 18.2 Å². The molecule has 120 valence electrons. The second-order valence-electron chi connectivity index (χ2n) is 5.32. The highest BCUT2D eigenvalue weighted by molar-refractivity contribution is 5.91. The molecule has 0 radical (unpaired) electrons. The number of alkyl halides is 2. The monoisotopic (exact) mass is 312 g/mol. The topological polar surface area (TPSA) is 67.4 Å². The smallest absolute Gasteiger partial charge is 0.387 e. The molecule has 0 unspecified atom stereocenters. The number of anilines is 1. The van der Waals surface area contributed by atoms with Crippen LogP contribution in [0.1, 0.15) is 19.8 Å².